The third-order valence-electron chi connectivity index (χ3n) is 4.83. The fraction of sp³-hybridized carbons (Fsp3) is 0.667. The molecule has 140 valence electrons. The molecule has 0 spiro atoms. The van der Waals surface area contributed by atoms with Crippen LogP contribution in [0.2, 0.25) is 0 Å². The van der Waals surface area contributed by atoms with Crippen molar-refractivity contribution >= 4 is 5.91 Å². The summed E-state index contributed by atoms with van der Waals surface area (Å²) in [5.41, 5.74) is 1.14. The third kappa shape index (κ3) is 6.69. The van der Waals surface area contributed by atoms with Gasteiger partial charge in [0.25, 0.3) is 5.91 Å². The van der Waals surface area contributed by atoms with Crippen LogP contribution < -0.4 is 10.1 Å². The van der Waals surface area contributed by atoms with Gasteiger partial charge in [-0.2, -0.15) is 0 Å². The first-order valence-corrected chi connectivity index (χ1v) is 9.71. The summed E-state index contributed by atoms with van der Waals surface area (Å²) in [5, 5.41) is 3.04. The molecule has 0 aliphatic carbocycles. The molecule has 3 atom stereocenters. The Labute approximate surface area is 152 Å². The molecule has 0 radical (unpaired) electrons. The minimum Gasteiger partial charge on any atom is -0.481 e. The zero-order valence-corrected chi connectivity index (χ0v) is 16.3. The summed E-state index contributed by atoms with van der Waals surface area (Å²) in [6.45, 7) is 12.8. The fourth-order valence-electron chi connectivity index (χ4n) is 3.78. The predicted molar refractivity (Wildman–Crippen MR) is 103 cm³/mol. The number of likely N-dealkylation sites (tertiary alicyclic amines) is 1. The molecule has 0 aromatic heterocycles. The van der Waals surface area contributed by atoms with E-state index >= 15 is 0 Å². The van der Waals surface area contributed by atoms with E-state index in [0.29, 0.717) is 13.0 Å². The highest BCUT2D eigenvalue weighted by Gasteiger charge is 2.21. The van der Waals surface area contributed by atoms with Crippen molar-refractivity contribution in [3.8, 4) is 5.75 Å². The van der Waals surface area contributed by atoms with Crippen LogP contribution in [0.25, 0.3) is 0 Å². The van der Waals surface area contributed by atoms with Gasteiger partial charge in [0, 0.05) is 19.6 Å². The predicted octanol–water partition coefficient (Wildman–Crippen LogP) is 3.64. The first-order valence-electron chi connectivity index (χ1n) is 9.71. The molecule has 0 bridgehead atoms. The molecule has 1 aromatic rings. The Balaban J connectivity index is 1.71. The molecule has 1 amide bonds. The molecular formula is C21H34N2O2. The topological polar surface area (TPSA) is 41.6 Å². The van der Waals surface area contributed by atoms with Crippen molar-refractivity contribution in [2.45, 2.75) is 53.1 Å². The number of carbonyl (C=O) groups excluding carboxylic acids is 1. The van der Waals surface area contributed by atoms with Crippen molar-refractivity contribution in [2.75, 3.05) is 26.2 Å². The molecule has 1 heterocycles. The van der Waals surface area contributed by atoms with Crippen LogP contribution in [0.5, 0.6) is 5.75 Å². The van der Waals surface area contributed by atoms with E-state index in [-0.39, 0.29) is 5.91 Å². The summed E-state index contributed by atoms with van der Waals surface area (Å²) < 4.78 is 5.86. The van der Waals surface area contributed by atoms with Crippen LogP contribution >= 0.6 is 0 Å². The Morgan fingerprint density at radius 3 is 2.68 bits per heavy atom. The molecule has 4 nitrogen and oxygen atoms in total. The highest BCUT2D eigenvalue weighted by molar-refractivity contribution is 5.81. The lowest BCUT2D eigenvalue weighted by molar-refractivity contribution is -0.128. The minimum atomic E-state index is -0.420. The molecule has 1 N–H and O–H groups in total. The minimum absolute atomic E-state index is 0.00983. The summed E-state index contributed by atoms with van der Waals surface area (Å²) in [6.07, 6.45) is 2.58. The Morgan fingerprint density at radius 1 is 1.32 bits per heavy atom. The lowest BCUT2D eigenvalue weighted by atomic mass is 9.92. The highest BCUT2D eigenvalue weighted by atomic mass is 16.5. The second-order valence-electron chi connectivity index (χ2n) is 7.68. The van der Waals surface area contributed by atoms with E-state index in [2.05, 4.69) is 24.1 Å². The molecule has 1 fully saturated rings. The molecule has 0 saturated carbocycles. The summed E-state index contributed by atoms with van der Waals surface area (Å²) in [7, 11) is 0. The van der Waals surface area contributed by atoms with E-state index in [1.807, 2.05) is 38.1 Å². The second-order valence-corrected chi connectivity index (χ2v) is 7.68. The lowest BCUT2D eigenvalue weighted by Crippen LogP contribution is -2.41. The van der Waals surface area contributed by atoms with Crippen molar-refractivity contribution in [3.63, 3.8) is 0 Å². The molecule has 0 unspecified atom stereocenters. The van der Waals surface area contributed by atoms with Crippen LogP contribution in [0.15, 0.2) is 24.3 Å². The normalized spacial score (nSPS) is 22.4. The van der Waals surface area contributed by atoms with E-state index in [1.54, 1.807) is 0 Å². The molecule has 1 aliphatic rings. The molecule has 1 aromatic carbocycles. The number of rotatable bonds is 8. The number of nitrogens with zero attached hydrogens (tertiary/aromatic N) is 1. The van der Waals surface area contributed by atoms with Crippen LogP contribution in [0, 0.1) is 18.8 Å². The average Bonchev–Trinajstić information content (AvgIpc) is 2.55. The highest BCUT2D eigenvalue weighted by Crippen LogP contribution is 2.20. The number of ether oxygens (including phenoxy) is 1. The number of benzene rings is 1. The van der Waals surface area contributed by atoms with Crippen LogP contribution in [0.4, 0.5) is 0 Å². The third-order valence-corrected chi connectivity index (χ3v) is 4.83. The lowest BCUT2D eigenvalue weighted by Gasteiger charge is -2.35. The molecule has 4 heteroatoms. The van der Waals surface area contributed by atoms with Crippen molar-refractivity contribution in [1.82, 2.24) is 10.2 Å². The maximum atomic E-state index is 12.4. The summed E-state index contributed by atoms with van der Waals surface area (Å²) in [5.74, 6) is 2.32. The molecular weight excluding hydrogens is 312 g/mol. The van der Waals surface area contributed by atoms with Gasteiger partial charge in [0.15, 0.2) is 6.10 Å². The van der Waals surface area contributed by atoms with Gasteiger partial charge in [0.05, 0.1) is 0 Å². The number of hydrogen-bond acceptors (Lipinski definition) is 3. The number of nitrogens with one attached hydrogen (secondary N) is 1. The smallest absolute Gasteiger partial charge is 0.261 e. The monoisotopic (exact) mass is 346 g/mol. The molecule has 25 heavy (non-hydrogen) atoms. The number of carbonyl (C=O) groups is 1. The van der Waals surface area contributed by atoms with Crippen LogP contribution in [0.1, 0.15) is 45.6 Å². The Hall–Kier alpha value is -1.55. The summed E-state index contributed by atoms with van der Waals surface area (Å²) >= 11 is 0. The second kappa shape index (κ2) is 9.81. The van der Waals surface area contributed by atoms with Crippen molar-refractivity contribution in [2.24, 2.45) is 11.8 Å². The SMILES string of the molecule is CC[C@@H](Oc1cccc(C)c1)C(=O)NCCCN1C[C@H](C)C[C@H](C)C1. The first-order chi connectivity index (χ1) is 12.0. The van der Waals surface area contributed by atoms with E-state index in [4.69, 9.17) is 4.74 Å². The van der Waals surface area contributed by atoms with Gasteiger partial charge in [-0.25, -0.2) is 0 Å². The number of aryl methyl sites for hydroxylation is 1. The van der Waals surface area contributed by atoms with Crippen molar-refractivity contribution in [1.29, 1.82) is 0 Å². The van der Waals surface area contributed by atoms with Crippen molar-refractivity contribution in [3.05, 3.63) is 29.8 Å². The van der Waals surface area contributed by atoms with Gasteiger partial charge in [-0.05, 0) is 62.3 Å². The van der Waals surface area contributed by atoms with Crippen molar-refractivity contribution < 1.29 is 9.53 Å². The van der Waals surface area contributed by atoms with Gasteiger partial charge in [-0.1, -0.05) is 32.9 Å². The first kappa shape index (κ1) is 19.8. The zero-order valence-electron chi connectivity index (χ0n) is 16.3. The standard InChI is InChI=1S/C21H34N2O2/c1-5-20(25-19-9-6-8-16(2)13-19)21(24)22-10-7-11-23-14-17(3)12-18(4)15-23/h6,8-9,13,17-18,20H,5,7,10-12,14-15H2,1-4H3,(H,22,24)/t17-,18+,20-/m1/s1. The van der Waals surface area contributed by atoms with Gasteiger partial charge in [-0.3, -0.25) is 4.79 Å². The van der Waals surface area contributed by atoms with E-state index in [1.165, 1.54) is 19.5 Å². The van der Waals surface area contributed by atoms with Gasteiger partial charge in [-0.15, -0.1) is 0 Å². The molecule has 1 aliphatic heterocycles. The maximum Gasteiger partial charge on any atom is 0.261 e. The maximum absolute atomic E-state index is 12.4. The van der Waals surface area contributed by atoms with Crippen LogP contribution in [-0.4, -0.2) is 43.1 Å². The number of piperidine rings is 1. The summed E-state index contributed by atoms with van der Waals surface area (Å²) in [4.78, 5) is 14.9. The Bertz CT molecular complexity index is 536. The van der Waals surface area contributed by atoms with Gasteiger partial charge in [0.2, 0.25) is 0 Å². The van der Waals surface area contributed by atoms with E-state index in [9.17, 15) is 4.79 Å². The van der Waals surface area contributed by atoms with Crippen LogP contribution in [0.3, 0.4) is 0 Å². The van der Waals surface area contributed by atoms with Gasteiger partial charge >= 0.3 is 0 Å². The van der Waals surface area contributed by atoms with E-state index in [0.717, 1.165) is 36.1 Å². The largest absolute Gasteiger partial charge is 0.481 e. The zero-order chi connectivity index (χ0) is 18.2. The van der Waals surface area contributed by atoms with Crippen LogP contribution in [-0.2, 0) is 4.79 Å². The number of amides is 1. The molecule has 2 rings (SSSR count). The van der Waals surface area contributed by atoms with Gasteiger partial charge < -0.3 is 15.0 Å². The number of hydrogen-bond donors (Lipinski definition) is 1. The Kier molecular flexibility index (Phi) is 7.76. The Morgan fingerprint density at radius 2 is 2.04 bits per heavy atom. The fourth-order valence-corrected chi connectivity index (χ4v) is 3.78. The average molecular weight is 347 g/mol. The quantitative estimate of drug-likeness (QED) is 0.731. The van der Waals surface area contributed by atoms with Gasteiger partial charge in [0.1, 0.15) is 5.75 Å². The van der Waals surface area contributed by atoms with E-state index < -0.39 is 6.10 Å². The summed E-state index contributed by atoms with van der Waals surface area (Å²) in [6, 6.07) is 7.85. The molecule has 1 saturated heterocycles.